The third kappa shape index (κ3) is 4.52. The van der Waals surface area contributed by atoms with Crippen molar-refractivity contribution in [3.63, 3.8) is 0 Å². The Hall–Kier alpha value is -2.95. The van der Waals surface area contributed by atoms with Gasteiger partial charge in [0.15, 0.2) is 18.2 Å². The first-order valence-corrected chi connectivity index (χ1v) is 7.52. The maximum absolute atomic E-state index is 12.0. The molecule has 0 aliphatic rings. The fourth-order valence-corrected chi connectivity index (χ4v) is 2.12. The summed E-state index contributed by atoms with van der Waals surface area (Å²) < 4.78 is 5.42. The van der Waals surface area contributed by atoms with Gasteiger partial charge in [0, 0.05) is 16.8 Å². The molecule has 0 aliphatic carbocycles. The normalized spacial score (nSPS) is 10.1. The molecule has 2 rings (SSSR count). The van der Waals surface area contributed by atoms with E-state index < -0.39 is 0 Å². The quantitative estimate of drug-likeness (QED) is 0.826. The third-order valence-electron chi connectivity index (χ3n) is 3.53. The van der Waals surface area contributed by atoms with Crippen LogP contribution in [0.25, 0.3) is 0 Å². The number of ether oxygens (including phenoxy) is 1. The molecule has 0 atom stereocenters. The van der Waals surface area contributed by atoms with Gasteiger partial charge >= 0.3 is 0 Å². The Labute approximate surface area is 140 Å². The van der Waals surface area contributed by atoms with E-state index in [1.54, 1.807) is 42.5 Å². The topological polar surface area (TPSA) is 72.5 Å². The van der Waals surface area contributed by atoms with E-state index in [1.807, 2.05) is 6.92 Å². The highest BCUT2D eigenvalue weighted by atomic mass is 16.5. The smallest absolute Gasteiger partial charge is 0.262 e. The molecule has 0 saturated carbocycles. The molecule has 5 nitrogen and oxygen atoms in total. The van der Waals surface area contributed by atoms with E-state index in [2.05, 4.69) is 5.32 Å². The summed E-state index contributed by atoms with van der Waals surface area (Å²) in [7, 11) is 0. The zero-order valence-electron chi connectivity index (χ0n) is 13.9. The van der Waals surface area contributed by atoms with Gasteiger partial charge in [-0.3, -0.25) is 14.4 Å². The lowest BCUT2D eigenvalue weighted by atomic mass is 10.1. The van der Waals surface area contributed by atoms with Crippen molar-refractivity contribution in [1.29, 1.82) is 0 Å². The monoisotopic (exact) mass is 325 g/mol. The van der Waals surface area contributed by atoms with Crippen LogP contribution in [0.5, 0.6) is 5.75 Å². The molecular formula is C19H19NO4. The second kappa shape index (κ2) is 7.55. The van der Waals surface area contributed by atoms with Crippen LogP contribution in [0.4, 0.5) is 5.69 Å². The first-order valence-electron chi connectivity index (χ1n) is 7.52. The fraction of sp³-hybridized carbons (Fsp3) is 0.211. The lowest BCUT2D eigenvalue weighted by molar-refractivity contribution is -0.118. The van der Waals surface area contributed by atoms with Crippen LogP contribution in [0.2, 0.25) is 0 Å². The molecule has 0 heterocycles. The Bertz CT molecular complexity index is 796. The van der Waals surface area contributed by atoms with Crippen molar-refractivity contribution in [2.45, 2.75) is 20.8 Å². The fourth-order valence-electron chi connectivity index (χ4n) is 2.12. The first kappa shape index (κ1) is 17.4. The number of benzene rings is 2. The van der Waals surface area contributed by atoms with Gasteiger partial charge in [0.25, 0.3) is 5.91 Å². The number of hydrogen-bond acceptors (Lipinski definition) is 4. The molecular weight excluding hydrogens is 306 g/mol. The van der Waals surface area contributed by atoms with Crippen LogP contribution < -0.4 is 10.1 Å². The zero-order valence-corrected chi connectivity index (χ0v) is 13.9. The highest BCUT2D eigenvalue weighted by molar-refractivity contribution is 5.98. The summed E-state index contributed by atoms with van der Waals surface area (Å²) in [4.78, 5) is 34.8. The predicted octanol–water partition coefficient (Wildman–Crippen LogP) is 3.42. The van der Waals surface area contributed by atoms with E-state index in [-0.39, 0.29) is 24.1 Å². The van der Waals surface area contributed by atoms with Gasteiger partial charge in [-0.25, -0.2) is 0 Å². The minimum absolute atomic E-state index is 0.0669. The SMILES string of the molecule is CC(=O)c1cccc(OCC(=O)Nc2cc(C(C)=O)ccc2C)c1. The van der Waals surface area contributed by atoms with Crippen molar-refractivity contribution < 1.29 is 19.1 Å². The number of carbonyl (C=O) groups is 3. The van der Waals surface area contributed by atoms with Crippen LogP contribution in [0.15, 0.2) is 42.5 Å². The number of Topliss-reactive ketones (excluding diaryl/α,β-unsaturated/α-hetero) is 2. The molecule has 0 saturated heterocycles. The lowest BCUT2D eigenvalue weighted by Gasteiger charge is -2.11. The van der Waals surface area contributed by atoms with Gasteiger partial charge in [0.1, 0.15) is 5.75 Å². The zero-order chi connectivity index (χ0) is 17.7. The molecule has 0 fully saturated rings. The van der Waals surface area contributed by atoms with Gasteiger partial charge in [-0.15, -0.1) is 0 Å². The van der Waals surface area contributed by atoms with Crippen LogP contribution in [0.1, 0.15) is 40.1 Å². The van der Waals surface area contributed by atoms with Crippen LogP contribution >= 0.6 is 0 Å². The number of nitrogens with one attached hydrogen (secondary N) is 1. The maximum atomic E-state index is 12.0. The van der Waals surface area contributed by atoms with Gasteiger partial charge in [0.2, 0.25) is 0 Å². The minimum atomic E-state index is -0.341. The van der Waals surface area contributed by atoms with Crippen LogP contribution in [-0.4, -0.2) is 24.1 Å². The number of hydrogen-bond donors (Lipinski definition) is 1. The standard InChI is InChI=1S/C19H19NO4/c1-12-7-8-16(14(3)22)10-18(12)20-19(23)11-24-17-6-4-5-15(9-17)13(2)21/h4-10H,11H2,1-3H3,(H,20,23). The number of rotatable bonds is 6. The van der Waals surface area contributed by atoms with Crippen molar-refractivity contribution in [1.82, 2.24) is 0 Å². The second-order valence-electron chi connectivity index (χ2n) is 5.51. The van der Waals surface area contributed by atoms with Gasteiger partial charge in [-0.05, 0) is 44.5 Å². The molecule has 0 radical (unpaired) electrons. The van der Waals surface area contributed by atoms with Crippen LogP contribution in [0, 0.1) is 6.92 Å². The number of aryl methyl sites for hydroxylation is 1. The van der Waals surface area contributed by atoms with Crippen LogP contribution in [-0.2, 0) is 4.79 Å². The summed E-state index contributed by atoms with van der Waals surface area (Å²) in [6.07, 6.45) is 0. The summed E-state index contributed by atoms with van der Waals surface area (Å²) in [5, 5.41) is 2.73. The average Bonchev–Trinajstić information content (AvgIpc) is 2.55. The summed E-state index contributed by atoms with van der Waals surface area (Å²) >= 11 is 0. The van der Waals surface area contributed by atoms with E-state index in [4.69, 9.17) is 4.74 Å². The number of ketones is 2. The van der Waals surface area contributed by atoms with E-state index >= 15 is 0 Å². The molecule has 24 heavy (non-hydrogen) atoms. The summed E-state index contributed by atoms with van der Waals surface area (Å²) in [6.45, 7) is 4.60. The molecule has 1 amide bonds. The molecule has 0 aromatic heterocycles. The average molecular weight is 325 g/mol. The molecule has 0 spiro atoms. The Kier molecular flexibility index (Phi) is 5.47. The van der Waals surface area contributed by atoms with Crippen molar-refractivity contribution in [2.75, 3.05) is 11.9 Å². The van der Waals surface area contributed by atoms with Gasteiger partial charge in [0.05, 0.1) is 0 Å². The van der Waals surface area contributed by atoms with E-state index in [9.17, 15) is 14.4 Å². The van der Waals surface area contributed by atoms with Crippen molar-refractivity contribution >= 4 is 23.2 Å². The lowest BCUT2D eigenvalue weighted by Crippen LogP contribution is -2.21. The van der Waals surface area contributed by atoms with Crippen LogP contribution in [0.3, 0.4) is 0 Å². The van der Waals surface area contributed by atoms with Gasteiger partial charge < -0.3 is 10.1 Å². The third-order valence-corrected chi connectivity index (χ3v) is 3.53. The van der Waals surface area contributed by atoms with Crippen molar-refractivity contribution in [3.05, 3.63) is 59.2 Å². The Morgan fingerprint density at radius 2 is 1.62 bits per heavy atom. The van der Waals surface area contributed by atoms with Gasteiger partial charge in [-0.1, -0.05) is 24.3 Å². The summed E-state index contributed by atoms with van der Waals surface area (Å²) in [5.41, 5.74) is 2.49. The summed E-state index contributed by atoms with van der Waals surface area (Å²) in [6, 6.07) is 11.8. The molecule has 0 bridgehead atoms. The highest BCUT2D eigenvalue weighted by Gasteiger charge is 2.09. The van der Waals surface area contributed by atoms with E-state index in [0.717, 1.165) is 5.56 Å². The predicted molar refractivity (Wildman–Crippen MR) is 91.8 cm³/mol. The first-order chi connectivity index (χ1) is 11.4. The van der Waals surface area contributed by atoms with Gasteiger partial charge in [-0.2, -0.15) is 0 Å². The largest absolute Gasteiger partial charge is 0.484 e. The molecule has 1 N–H and O–H groups in total. The number of amides is 1. The minimum Gasteiger partial charge on any atom is -0.484 e. The molecule has 2 aromatic rings. The Morgan fingerprint density at radius 1 is 0.958 bits per heavy atom. The Balaban J connectivity index is 2.01. The molecule has 0 unspecified atom stereocenters. The molecule has 0 aliphatic heterocycles. The summed E-state index contributed by atoms with van der Waals surface area (Å²) in [5.74, 6) is -0.0246. The number of anilines is 1. The number of carbonyl (C=O) groups excluding carboxylic acids is 3. The van der Waals surface area contributed by atoms with E-state index in [0.29, 0.717) is 22.6 Å². The molecule has 5 heteroatoms. The van der Waals surface area contributed by atoms with Crippen molar-refractivity contribution in [3.8, 4) is 5.75 Å². The van der Waals surface area contributed by atoms with E-state index in [1.165, 1.54) is 13.8 Å². The highest BCUT2D eigenvalue weighted by Crippen LogP contribution is 2.18. The second-order valence-corrected chi connectivity index (χ2v) is 5.51. The molecule has 124 valence electrons. The maximum Gasteiger partial charge on any atom is 0.262 e. The Morgan fingerprint density at radius 3 is 2.29 bits per heavy atom. The molecule has 2 aromatic carbocycles. The van der Waals surface area contributed by atoms with Crippen molar-refractivity contribution in [2.24, 2.45) is 0 Å².